The molecule has 1 aliphatic heterocycles. The van der Waals surface area contributed by atoms with Crippen LogP contribution >= 0.6 is 22.7 Å². The molecular formula is C29H30F3N7O4S3. The van der Waals surface area contributed by atoms with E-state index >= 15 is 0 Å². The van der Waals surface area contributed by atoms with Crippen molar-refractivity contribution in [2.24, 2.45) is 21.5 Å². The lowest BCUT2D eigenvalue weighted by molar-refractivity contribution is -0.274. The zero-order valence-electron chi connectivity index (χ0n) is 24.2. The standard InChI is InChI=1S/C29H30F3N7O4S3/c1-3-35-16-23(19(2)33)36-17-27(34)38-12-13-39(46(41,42)22-9-6-20(7-10-22)43-29(30,31)32)24(18-38)28(40)37-15-21-8-11-26(45-21)25-5-4-14-44-25/h3-11,14,16-17,24H,1-2,12-13,15,18,33-34H2,(H,37,40)/b27-17+,35-16-,36-23-/t24-/m1/s1. The SMILES string of the molecule is C=C\N=C/C(=N/C=C(\N)N1CCN(S(=O)(=O)c2ccc(OC(F)(F)F)cc2)[C@@H](C(=O)NCc2ccc(-c3cccs3)s2)C1)C(=C)N. The molecule has 3 aromatic rings. The third kappa shape index (κ3) is 8.84. The number of carbonyl (C=O) groups is 1. The van der Waals surface area contributed by atoms with E-state index in [1.54, 1.807) is 16.2 Å². The second-order valence-electron chi connectivity index (χ2n) is 9.61. The van der Waals surface area contributed by atoms with E-state index in [1.165, 1.54) is 30.0 Å². The Hall–Kier alpha value is -4.45. The van der Waals surface area contributed by atoms with Crippen molar-refractivity contribution in [3.63, 3.8) is 0 Å². The van der Waals surface area contributed by atoms with Gasteiger partial charge in [0.05, 0.1) is 29.6 Å². The number of hydrogen-bond donors (Lipinski definition) is 3. The fourth-order valence-electron chi connectivity index (χ4n) is 4.31. The van der Waals surface area contributed by atoms with Crippen LogP contribution in [0.3, 0.4) is 0 Å². The highest BCUT2D eigenvalue weighted by Crippen LogP contribution is 2.32. The Morgan fingerprint density at radius 2 is 1.87 bits per heavy atom. The van der Waals surface area contributed by atoms with Gasteiger partial charge in [-0.2, -0.15) is 4.31 Å². The van der Waals surface area contributed by atoms with Gasteiger partial charge in [-0.1, -0.05) is 19.2 Å². The molecule has 0 radical (unpaired) electrons. The Balaban J connectivity index is 1.58. The molecule has 0 unspecified atom stereocenters. The molecule has 0 spiro atoms. The van der Waals surface area contributed by atoms with Crippen LogP contribution in [0.25, 0.3) is 9.75 Å². The summed E-state index contributed by atoms with van der Waals surface area (Å²) >= 11 is 3.08. The van der Waals surface area contributed by atoms with E-state index < -0.39 is 34.1 Å². The predicted octanol–water partition coefficient (Wildman–Crippen LogP) is 4.25. The zero-order valence-corrected chi connectivity index (χ0v) is 26.6. The van der Waals surface area contributed by atoms with Crippen molar-refractivity contribution >= 4 is 50.5 Å². The van der Waals surface area contributed by atoms with Gasteiger partial charge in [0.25, 0.3) is 0 Å². The maximum atomic E-state index is 13.7. The third-order valence-electron chi connectivity index (χ3n) is 6.49. The lowest BCUT2D eigenvalue weighted by atomic mass is 10.2. The molecule has 2 aromatic heterocycles. The number of nitrogens with zero attached hydrogens (tertiary/aromatic N) is 4. The average molecular weight is 694 g/mol. The van der Waals surface area contributed by atoms with Crippen LogP contribution in [0.4, 0.5) is 13.2 Å². The van der Waals surface area contributed by atoms with Crippen molar-refractivity contribution in [3.8, 4) is 15.5 Å². The Morgan fingerprint density at radius 1 is 1.13 bits per heavy atom. The molecule has 4 rings (SSSR count). The highest BCUT2D eigenvalue weighted by Gasteiger charge is 2.40. The van der Waals surface area contributed by atoms with Crippen LogP contribution in [0.2, 0.25) is 0 Å². The first kappa shape index (κ1) is 34.4. The number of alkyl halides is 3. The van der Waals surface area contributed by atoms with E-state index in [-0.39, 0.29) is 48.3 Å². The van der Waals surface area contributed by atoms with Crippen LogP contribution in [0, 0.1) is 0 Å². The topological polar surface area (TPSA) is 156 Å². The van der Waals surface area contributed by atoms with Crippen molar-refractivity contribution in [3.05, 3.63) is 95.9 Å². The van der Waals surface area contributed by atoms with Crippen LogP contribution in [0.15, 0.2) is 106 Å². The first-order valence-electron chi connectivity index (χ1n) is 13.4. The number of halogens is 3. The number of thiophene rings is 2. The fourth-order valence-corrected chi connectivity index (χ4v) is 7.66. The monoisotopic (exact) mass is 693 g/mol. The Kier molecular flexibility index (Phi) is 11.0. The second-order valence-corrected chi connectivity index (χ2v) is 13.6. The predicted molar refractivity (Wildman–Crippen MR) is 174 cm³/mol. The molecule has 0 saturated carbocycles. The zero-order chi connectivity index (χ0) is 33.5. The van der Waals surface area contributed by atoms with Gasteiger partial charge in [0, 0.05) is 40.5 Å². The van der Waals surface area contributed by atoms with Gasteiger partial charge in [-0.05, 0) is 47.8 Å². The number of nitrogens with one attached hydrogen (secondary N) is 1. The number of ether oxygens (including phenoxy) is 1. The number of nitrogens with two attached hydrogens (primary N) is 2. The molecule has 0 aliphatic carbocycles. The van der Waals surface area contributed by atoms with Gasteiger partial charge < -0.3 is 26.4 Å². The van der Waals surface area contributed by atoms with Gasteiger partial charge in [0.15, 0.2) is 0 Å². The fraction of sp³-hybridized carbons (Fsp3) is 0.207. The maximum Gasteiger partial charge on any atom is 0.573 e. The first-order chi connectivity index (χ1) is 21.8. The lowest BCUT2D eigenvalue weighted by Gasteiger charge is -2.40. The molecule has 17 heteroatoms. The molecule has 244 valence electrons. The molecule has 1 fully saturated rings. The summed E-state index contributed by atoms with van der Waals surface area (Å²) < 4.78 is 70.2. The van der Waals surface area contributed by atoms with Gasteiger partial charge in [0.1, 0.15) is 23.3 Å². The molecule has 5 N–H and O–H groups in total. The van der Waals surface area contributed by atoms with Gasteiger partial charge in [-0.15, -0.1) is 35.8 Å². The van der Waals surface area contributed by atoms with Crippen molar-refractivity contribution in [1.82, 2.24) is 14.5 Å². The molecule has 3 heterocycles. The second kappa shape index (κ2) is 14.8. The molecule has 1 saturated heterocycles. The van der Waals surface area contributed by atoms with E-state index in [4.69, 9.17) is 11.5 Å². The number of piperazine rings is 1. The molecule has 1 amide bonds. The summed E-state index contributed by atoms with van der Waals surface area (Å²) in [6.45, 7) is 7.01. The van der Waals surface area contributed by atoms with Crippen molar-refractivity contribution in [2.45, 2.75) is 23.8 Å². The number of benzene rings is 1. The number of rotatable bonds is 12. The van der Waals surface area contributed by atoms with Crippen LogP contribution in [0.1, 0.15) is 4.88 Å². The van der Waals surface area contributed by atoms with E-state index in [2.05, 4.69) is 33.2 Å². The van der Waals surface area contributed by atoms with Crippen LogP contribution in [0.5, 0.6) is 5.75 Å². The van der Waals surface area contributed by atoms with E-state index in [0.717, 1.165) is 43.2 Å². The minimum absolute atomic E-state index is 0.0743. The van der Waals surface area contributed by atoms with Crippen LogP contribution in [-0.2, 0) is 21.4 Å². The van der Waals surface area contributed by atoms with Crippen molar-refractivity contribution in [2.75, 3.05) is 19.6 Å². The third-order valence-corrected chi connectivity index (χ3v) is 10.6. The summed E-state index contributed by atoms with van der Waals surface area (Å²) in [5, 5.41) is 4.78. The highest BCUT2D eigenvalue weighted by molar-refractivity contribution is 7.89. The molecule has 1 aromatic carbocycles. The highest BCUT2D eigenvalue weighted by atomic mass is 32.2. The minimum atomic E-state index is -4.94. The summed E-state index contributed by atoms with van der Waals surface area (Å²) in [6, 6.07) is 10.3. The Bertz CT molecular complexity index is 1750. The van der Waals surface area contributed by atoms with Gasteiger partial charge in [0.2, 0.25) is 15.9 Å². The van der Waals surface area contributed by atoms with Gasteiger partial charge in [-0.25, -0.2) is 13.4 Å². The van der Waals surface area contributed by atoms with E-state index in [0.29, 0.717) is 0 Å². The number of amides is 1. The molecule has 1 aliphatic rings. The number of carbonyl (C=O) groups excluding carboxylic acids is 1. The Labute approximate surface area is 271 Å². The summed E-state index contributed by atoms with van der Waals surface area (Å²) in [7, 11) is -4.35. The first-order valence-corrected chi connectivity index (χ1v) is 16.6. The number of hydrogen-bond acceptors (Lipinski definition) is 11. The molecule has 11 nitrogen and oxygen atoms in total. The summed E-state index contributed by atoms with van der Waals surface area (Å²) in [5.41, 5.74) is 12.4. The largest absolute Gasteiger partial charge is 0.573 e. The van der Waals surface area contributed by atoms with Crippen LogP contribution in [-0.4, -0.2) is 67.5 Å². The maximum absolute atomic E-state index is 13.7. The molecule has 0 bridgehead atoms. The molecular weight excluding hydrogens is 664 g/mol. The Morgan fingerprint density at radius 3 is 2.50 bits per heavy atom. The summed E-state index contributed by atoms with van der Waals surface area (Å²) in [6.07, 6.45) is -1.04. The van der Waals surface area contributed by atoms with E-state index in [9.17, 15) is 26.4 Å². The van der Waals surface area contributed by atoms with Crippen molar-refractivity contribution in [1.29, 1.82) is 0 Å². The van der Waals surface area contributed by atoms with Crippen molar-refractivity contribution < 1.29 is 31.1 Å². The smallest absolute Gasteiger partial charge is 0.406 e. The summed E-state index contributed by atoms with van der Waals surface area (Å²) in [4.78, 5) is 25.9. The van der Waals surface area contributed by atoms with Gasteiger partial charge >= 0.3 is 6.36 Å². The van der Waals surface area contributed by atoms with E-state index in [1.807, 2.05) is 29.6 Å². The minimum Gasteiger partial charge on any atom is -0.406 e. The molecule has 46 heavy (non-hydrogen) atoms. The average Bonchev–Trinajstić information content (AvgIpc) is 3.71. The normalized spacial score (nSPS) is 16.8. The lowest BCUT2D eigenvalue weighted by Crippen LogP contribution is -2.60. The summed E-state index contributed by atoms with van der Waals surface area (Å²) in [5.74, 6) is -1.06. The quantitative estimate of drug-likeness (QED) is 0.240. The van der Waals surface area contributed by atoms with Gasteiger partial charge in [-0.3, -0.25) is 9.79 Å². The number of aliphatic imine (C=N–C) groups is 2. The number of allylic oxidation sites excluding steroid dienone is 1. The van der Waals surface area contributed by atoms with Crippen LogP contribution < -0.4 is 21.5 Å². The molecule has 1 atom stereocenters. The number of sulfonamides is 1.